The third kappa shape index (κ3) is 4.60. The minimum absolute atomic E-state index is 0.224. The molecule has 3 aromatic carbocycles. The van der Waals surface area contributed by atoms with Crippen molar-refractivity contribution in [1.82, 2.24) is 15.1 Å². The van der Waals surface area contributed by atoms with Gasteiger partial charge in [0, 0.05) is 0 Å². The average Bonchev–Trinajstić information content (AvgIpc) is 2.84. The second kappa shape index (κ2) is 9.14. The van der Waals surface area contributed by atoms with Gasteiger partial charge in [0.1, 0.15) is 0 Å². The van der Waals surface area contributed by atoms with Crippen molar-refractivity contribution < 1.29 is 9.28 Å². The van der Waals surface area contributed by atoms with Crippen molar-refractivity contribution >= 4 is 23.6 Å². The van der Waals surface area contributed by atoms with Crippen LogP contribution in [0.4, 0.5) is 4.39 Å². The number of H-pyrrole nitrogens is 1. The molecule has 1 saturated heterocycles. The van der Waals surface area contributed by atoms with Crippen molar-refractivity contribution in [3.8, 4) is 0 Å². The molecular weight excluding hydrogens is 436 g/mol. The fourth-order valence-electron chi connectivity index (χ4n) is 4.73. The van der Waals surface area contributed by atoms with Crippen LogP contribution in [0.5, 0.6) is 0 Å². The molecule has 33 heavy (non-hydrogen) atoms. The van der Waals surface area contributed by atoms with E-state index in [9.17, 15) is 14.1 Å². The van der Waals surface area contributed by atoms with Gasteiger partial charge in [0.05, 0.1) is 0 Å². The summed E-state index contributed by atoms with van der Waals surface area (Å²) >= 11 is 0. The Morgan fingerprint density at radius 2 is 1.64 bits per heavy atom. The molecule has 0 radical (unpaired) electrons. The van der Waals surface area contributed by atoms with Crippen LogP contribution >= 0.6 is 7.49 Å². The van der Waals surface area contributed by atoms with E-state index in [2.05, 4.69) is 27.2 Å². The molecule has 0 amide bonds. The van der Waals surface area contributed by atoms with Gasteiger partial charge >= 0.3 is 192 Å². The van der Waals surface area contributed by atoms with E-state index in [1.165, 1.54) is 11.6 Å². The summed E-state index contributed by atoms with van der Waals surface area (Å²) in [5.41, 5.74) is 2.63. The molecule has 0 saturated carbocycles. The van der Waals surface area contributed by atoms with Gasteiger partial charge in [-0.15, -0.1) is 0 Å². The van der Waals surface area contributed by atoms with Crippen molar-refractivity contribution in [2.45, 2.75) is 13.0 Å². The van der Waals surface area contributed by atoms with Crippen LogP contribution in [0.2, 0.25) is 0 Å². The summed E-state index contributed by atoms with van der Waals surface area (Å²) in [7, 11) is -2.92. The van der Waals surface area contributed by atoms with Gasteiger partial charge in [0.15, 0.2) is 0 Å². The van der Waals surface area contributed by atoms with Crippen LogP contribution in [0.3, 0.4) is 0 Å². The third-order valence-electron chi connectivity index (χ3n) is 6.61. The summed E-state index contributed by atoms with van der Waals surface area (Å²) in [5, 5.41) is 8.66. The first-order valence-corrected chi connectivity index (χ1v) is 13.6. The SMILES string of the molecule is O=c1[nH]nc(Cc2ccc(F)c([PH]3(O)CCN(Cc4ccccc4)CC3)c2)c2ccccc12. The minimum atomic E-state index is -2.92. The Morgan fingerprint density at radius 3 is 2.39 bits per heavy atom. The number of benzene rings is 3. The maximum absolute atomic E-state index is 14.9. The molecule has 2 N–H and O–H groups in total. The Balaban J connectivity index is 1.36. The molecule has 0 atom stereocenters. The van der Waals surface area contributed by atoms with Crippen LogP contribution in [0.15, 0.2) is 77.6 Å². The van der Waals surface area contributed by atoms with Crippen LogP contribution in [-0.2, 0) is 13.0 Å². The van der Waals surface area contributed by atoms with E-state index in [0.717, 1.165) is 36.3 Å². The Kier molecular flexibility index (Phi) is 6.07. The van der Waals surface area contributed by atoms with E-state index in [0.29, 0.717) is 29.4 Å². The second-order valence-electron chi connectivity index (χ2n) is 8.83. The number of nitrogens with one attached hydrogen (secondary N) is 1. The monoisotopic (exact) mass is 463 g/mol. The quantitative estimate of drug-likeness (QED) is 0.445. The predicted octanol–water partition coefficient (Wildman–Crippen LogP) is 3.45. The fraction of sp³-hybridized carbons (Fsp3) is 0.231. The normalized spacial score (nSPS) is 17.2. The first-order valence-electron chi connectivity index (χ1n) is 11.3. The predicted molar refractivity (Wildman–Crippen MR) is 133 cm³/mol. The number of rotatable bonds is 5. The Morgan fingerprint density at radius 1 is 0.939 bits per heavy atom. The van der Waals surface area contributed by atoms with Crippen molar-refractivity contribution in [3.05, 3.63) is 106 Å². The van der Waals surface area contributed by atoms with E-state index in [1.807, 2.05) is 42.5 Å². The van der Waals surface area contributed by atoms with Gasteiger partial charge in [-0.05, 0) is 0 Å². The number of hydrogen-bond donors (Lipinski definition) is 2. The fourth-order valence-corrected chi connectivity index (χ4v) is 7.87. The van der Waals surface area contributed by atoms with Crippen molar-refractivity contribution in [2.75, 3.05) is 25.4 Å². The third-order valence-corrected chi connectivity index (χ3v) is 10.1. The number of fused-ring (bicyclic) bond motifs is 1. The number of halogens is 1. The van der Waals surface area contributed by atoms with Gasteiger partial charge in [-0.25, -0.2) is 0 Å². The summed E-state index contributed by atoms with van der Waals surface area (Å²) in [4.78, 5) is 25.9. The van der Waals surface area contributed by atoms with Crippen molar-refractivity contribution in [3.63, 3.8) is 0 Å². The maximum atomic E-state index is 14.9. The van der Waals surface area contributed by atoms with E-state index in [-0.39, 0.29) is 11.4 Å². The molecule has 0 bridgehead atoms. The molecule has 0 aliphatic carbocycles. The van der Waals surface area contributed by atoms with Gasteiger partial charge in [-0.3, -0.25) is 0 Å². The molecule has 1 aliphatic rings. The van der Waals surface area contributed by atoms with Gasteiger partial charge in [-0.1, -0.05) is 0 Å². The first kappa shape index (κ1) is 21.9. The van der Waals surface area contributed by atoms with Gasteiger partial charge in [0.25, 0.3) is 0 Å². The van der Waals surface area contributed by atoms with Gasteiger partial charge in [0.2, 0.25) is 0 Å². The topological polar surface area (TPSA) is 69.2 Å². The molecule has 1 aliphatic heterocycles. The standard InChI is InChI=1S/C26H27FN3O2P/c27-23-11-10-20(16-24-21-8-4-5-9-22(21)26(31)29-28-24)17-25(23)33(32)14-12-30(13-15-33)18-19-6-2-1-3-7-19/h1-11,17,32-33H,12-16,18H2,(H,29,31). The molecule has 5 nitrogen and oxygen atoms in total. The first-order chi connectivity index (χ1) is 16.0. The van der Waals surface area contributed by atoms with Crippen LogP contribution in [0.1, 0.15) is 16.8 Å². The molecule has 5 rings (SSSR count). The summed E-state index contributed by atoms with van der Waals surface area (Å²) in [6.45, 7) is 2.36. The Labute approximate surface area is 192 Å². The second-order valence-corrected chi connectivity index (χ2v) is 12.4. The van der Waals surface area contributed by atoms with Gasteiger partial charge in [-0.2, -0.15) is 0 Å². The summed E-state index contributed by atoms with van der Waals surface area (Å²) in [6.07, 6.45) is 1.68. The molecule has 170 valence electrons. The molecule has 1 fully saturated rings. The average molecular weight is 463 g/mol. The van der Waals surface area contributed by atoms with Crippen LogP contribution in [0.25, 0.3) is 10.8 Å². The summed E-state index contributed by atoms with van der Waals surface area (Å²) < 4.78 is 14.9. The van der Waals surface area contributed by atoms with E-state index in [4.69, 9.17) is 0 Å². The van der Waals surface area contributed by atoms with E-state index < -0.39 is 7.49 Å². The number of aromatic amines is 1. The molecule has 2 heterocycles. The van der Waals surface area contributed by atoms with Crippen LogP contribution in [0, 0.1) is 5.82 Å². The van der Waals surface area contributed by atoms with Crippen LogP contribution in [-0.4, -0.2) is 45.4 Å². The zero-order valence-corrected chi connectivity index (χ0v) is 19.3. The summed E-state index contributed by atoms with van der Waals surface area (Å²) in [6, 6.07) is 22.6. The molecule has 1 aromatic heterocycles. The number of aromatic nitrogens is 2. The van der Waals surface area contributed by atoms with Crippen molar-refractivity contribution in [2.24, 2.45) is 0 Å². The molecule has 0 spiro atoms. The van der Waals surface area contributed by atoms with Gasteiger partial charge < -0.3 is 0 Å². The van der Waals surface area contributed by atoms with E-state index in [1.54, 1.807) is 12.1 Å². The number of nitrogens with zero attached hydrogens (tertiary/aromatic N) is 2. The Hall–Kier alpha value is -2.92. The zero-order chi connectivity index (χ0) is 22.8. The Bertz CT molecular complexity index is 1330. The molecule has 7 heteroatoms. The van der Waals surface area contributed by atoms with E-state index >= 15 is 0 Å². The summed E-state index contributed by atoms with van der Waals surface area (Å²) in [5.74, 6) is -0.330. The zero-order valence-electron chi connectivity index (χ0n) is 18.3. The number of hydrogen-bond acceptors (Lipinski definition) is 4. The molecule has 0 unspecified atom stereocenters. The van der Waals surface area contributed by atoms with Crippen LogP contribution < -0.4 is 10.9 Å². The molecular formula is C26H27FN3O2P. The van der Waals surface area contributed by atoms with Crippen molar-refractivity contribution in [1.29, 1.82) is 0 Å². The molecule has 4 aromatic rings.